The number of hydrogen-bond acceptors (Lipinski definition) is 4. The summed E-state index contributed by atoms with van der Waals surface area (Å²) in [6, 6.07) is 0.733. The Labute approximate surface area is 161 Å². The van der Waals surface area contributed by atoms with Gasteiger partial charge in [-0.25, -0.2) is 0 Å². The molecule has 4 heterocycles. The summed E-state index contributed by atoms with van der Waals surface area (Å²) >= 11 is 0. The summed E-state index contributed by atoms with van der Waals surface area (Å²) in [6.45, 7) is 4.46. The normalized spacial score (nSPS) is 30.9. The fourth-order valence-corrected chi connectivity index (χ4v) is 5.56. The number of piperidine rings is 3. The Hall–Kier alpha value is -1.89. The second kappa shape index (κ2) is 7.62. The molecule has 4 atom stereocenters. The Morgan fingerprint density at radius 1 is 1.33 bits per heavy atom. The average molecular weight is 374 g/mol. The van der Waals surface area contributed by atoms with Gasteiger partial charge >= 0.3 is 0 Å². The first-order chi connectivity index (χ1) is 13.0. The first-order valence-corrected chi connectivity index (χ1v) is 10.4. The van der Waals surface area contributed by atoms with Crippen molar-refractivity contribution < 1.29 is 9.59 Å². The van der Waals surface area contributed by atoms with Crippen LogP contribution in [0.5, 0.6) is 0 Å². The molecule has 4 rings (SSSR count). The molecule has 2 bridgehead atoms. The van der Waals surface area contributed by atoms with Crippen LogP contribution >= 0.6 is 0 Å². The van der Waals surface area contributed by atoms with Crippen LogP contribution in [0.3, 0.4) is 0 Å². The van der Waals surface area contributed by atoms with Gasteiger partial charge in [-0.1, -0.05) is 13.3 Å². The first kappa shape index (κ1) is 18.5. The molecule has 3 saturated heterocycles. The smallest absolute Gasteiger partial charge is 0.238 e. The molecular formula is C20H31N5O2. The summed E-state index contributed by atoms with van der Waals surface area (Å²) in [7, 11) is 1.84. The number of fused-ring (bicyclic) bond motifs is 4. The number of nitrogens with one attached hydrogen (secondary N) is 1. The van der Waals surface area contributed by atoms with Gasteiger partial charge in [-0.05, 0) is 37.5 Å². The van der Waals surface area contributed by atoms with Crippen LogP contribution in [0.1, 0.15) is 45.4 Å². The molecule has 27 heavy (non-hydrogen) atoms. The minimum absolute atomic E-state index is 0.0200. The predicted octanol–water partition coefficient (Wildman–Crippen LogP) is 1.86. The molecule has 1 aromatic rings. The Kier molecular flexibility index (Phi) is 5.21. The van der Waals surface area contributed by atoms with E-state index in [4.69, 9.17) is 0 Å². The van der Waals surface area contributed by atoms with Crippen LogP contribution in [0.2, 0.25) is 0 Å². The fourth-order valence-electron chi connectivity index (χ4n) is 5.56. The van der Waals surface area contributed by atoms with Gasteiger partial charge in [0.2, 0.25) is 11.8 Å². The largest absolute Gasteiger partial charge is 0.336 e. The van der Waals surface area contributed by atoms with E-state index in [9.17, 15) is 9.59 Å². The summed E-state index contributed by atoms with van der Waals surface area (Å²) < 4.78 is 1.69. The molecule has 0 spiro atoms. The molecule has 3 aliphatic rings. The Morgan fingerprint density at radius 2 is 2.15 bits per heavy atom. The minimum atomic E-state index is 0.0200. The van der Waals surface area contributed by atoms with Crippen LogP contribution in [-0.2, 0) is 16.6 Å². The monoisotopic (exact) mass is 373 g/mol. The molecule has 0 aromatic carbocycles. The van der Waals surface area contributed by atoms with Crippen LogP contribution in [-0.4, -0.2) is 63.1 Å². The number of aryl methyl sites for hydroxylation is 1. The molecule has 0 saturated carbocycles. The van der Waals surface area contributed by atoms with E-state index in [1.54, 1.807) is 10.9 Å². The van der Waals surface area contributed by atoms with Gasteiger partial charge in [-0.15, -0.1) is 0 Å². The third-order valence-electron chi connectivity index (χ3n) is 6.51. The molecule has 1 aromatic heterocycles. The highest BCUT2D eigenvalue weighted by atomic mass is 16.2. The molecule has 3 aliphatic heterocycles. The molecule has 0 unspecified atom stereocenters. The summed E-state index contributed by atoms with van der Waals surface area (Å²) in [5.41, 5.74) is 0.743. The highest BCUT2D eigenvalue weighted by Crippen LogP contribution is 2.42. The number of rotatable bonds is 5. The lowest BCUT2D eigenvalue weighted by atomic mass is 9.71. The summed E-state index contributed by atoms with van der Waals surface area (Å²) in [5, 5.41) is 7.04. The molecule has 7 heteroatoms. The second-order valence-corrected chi connectivity index (χ2v) is 8.52. The van der Waals surface area contributed by atoms with Crippen molar-refractivity contribution in [3.8, 4) is 0 Å². The highest BCUT2D eigenvalue weighted by molar-refractivity contribution is 5.92. The van der Waals surface area contributed by atoms with Gasteiger partial charge in [0.1, 0.15) is 0 Å². The molecular weight excluding hydrogens is 342 g/mol. The van der Waals surface area contributed by atoms with Crippen molar-refractivity contribution in [3.05, 3.63) is 12.4 Å². The van der Waals surface area contributed by atoms with Crippen LogP contribution in [0.4, 0.5) is 5.69 Å². The number of amides is 2. The Balaban J connectivity index is 1.44. The summed E-state index contributed by atoms with van der Waals surface area (Å²) in [5.74, 6) is 1.38. The first-order valence-electron chi connectivity index (χ1n) is 10.4. The van der Waals surface area contributed by atoms with Gasteiger partial charge in [-0.2, -0.15) is 5.10 Å². The molecule has 2 amide bonds. The predicted molar refractivity (Wildman–Crippen MR) is 103 cm³/mol. The summed E-state index contributed by atoms with van der Waals surface area (Å²) in [4.78, 5) is 29.7. The van der Waals surface area contributed by atoms with Crippen LogP contribution in [0, 0.1) is 11.8 Å². The lowest BCUT2D eigenvalue weighted by Crippen LogP contribution is -2.65. The maximum Gasteiger partial charge on any atom is 0.238 e. The van der Waals surface area contributed by atoms with E-state index in [2.05, 4.69) is 27.1 Å². The Morgan fingerprint density at radius 3 is 2.89 bits per heavy atom. The third-order valence-corrected chi connectivity index (χ3v) is 6.51. The number of hydrogen-bond donors (Lipinski definition) is 1. The van der Waals surface area contributed by atoms with Gasteiger partial charge in [-0.3, -0.25) is 19.2 Å². The van der Waals surface area contributed by atoms with Crippen LogP contribution in [0.15, 0.2) is 12.4 Å². The van der Waals surface area contributed by atoms with Crippen LogP contribution in [0.25, 0.3) is 0 Å². The van der Waals surface area contributed by atoms with Crippen molar-refractivity contribution in [2.24, 2.45) is 18.9 Å². The third kappa shape index (κ3) is 3.74. The van der Waals surface area contributed by atoms with Crippen LogP contribution < -0.4 is 5.32 Å². The number of nitrogens with zero attached hydrogens (tertiary/aromatic N) is 4. The topological polar surface area (TPSA) is 70.5 Å². The number of carbonyl (C=O) groups excluding carboxylic acids is 2. The SMILES string of the molecule is CCC[C@H]1[C@H]2C[C@H](CN(CC(=O)Nc3cnn(C)c3)C2)[C@@H]2CCCC(=O)N21. The van der Waals surface area contributed by atoms with Gasteiger partial charge in [0.15, 0.2) is 0 Å². The van der Waals surface area contributed by atoms with Crippen molar-refractivity contribution in [1.29, 1.82) is 0 Å². The van der Waals surface area contributed by atoms with E-state index >= 15 is 0 Å². The van der Waals surface area contributed by atoms with Crippen molar-refractivity contribution in [1.82, 2.24) is 19.6 Å². The van der Waals surface area contributed by atoms with Crippen molar-refractivity contribution in [3.63, 3.8) is 0 Å². The van der Waals surface area contributed by atoms with E-state index in [1.807, 2.05) is 13.2 Å². The van der Waals surface area contributed by atoms with Crippen molar-refractivity contribution >= 4 is 17.5 Å². The average Bonchev–Trinajstić information content (AvgIpc) is 3.03. The number of likely N-dealkylation sites (tertiary alicyclic amines) is 1. The molecule has 1 N–H and O–H groups in total. The van der Waals surface area contributed by atoms with E-state index in [1.165, 1.54) is 6.42 Å². The number of aromatic nitrogens is 2. The van der Waals surface area contributed by atoms with E-state index in [-0.39, 0.29) is 5.91 Å². The minimum Gasteiger partial charge on any atom is -0.336 e. The quantitative estimate of drug-likeness (QED) is 0.855. The zero-order valence-corrected chi connectivity index (χ0v) is 16.4. The molecule has 148 valence electrons. The molecule has 0 radical (unpaired) electrons. The van der Waals surface area contributed by atoms with Crippen molar-refractivity contribution in [2.45, 2.75) is 57.5 Å². The number of carbonyl (C=O) groups is 2. The van der Waals surface area contributed by atoms with E-state index in [0.717, 1.165) is 44.5 Å². The van der Waals surface area contributed by atoms with Crippen molar-refractivity contribution in [2.75, 3.05) is 25.0 Å². The lowest BCUT2D eigenvalue weighted by molar-refractivity contribution is -0.153. The van der Waals surface area contributed by atoms with E-state index < -0.39 is 0 Å². The standard InChI is InChI=1S/C20H31N5O2/c1-3-5-17-14-8-15(18-6-4-7-20(27)25(17)18)11-24(10-14)13-19(26)22-16-9-21-23(2)12-16/h9,12,14-15,17-18H,3-8,10-11,13H2,1-2H3,(H,22,26)/t14-,15+,17-,18-/m0/s1. The van der Waals surface area contributed by atoms with E-state index in [0.29, 0.717) is 42.8 Å². The molecule has 3 fully saturated rings. The zero-order valence-electron chi connectivity index (χ0n) is 16.4. The van der Waals surface area contributed by atoms with Gasteiger partial charge in [0, 0.05) is 44.8 Å². The maximum atomic E-state index is 12.6. The fraction of sp³-hybridized carbons (Fsp3) is 0.750. The summed E-state index contributed by atoms with van der Waals surface area (Å²) in [6.07, 6.45) is 9.73. The highest BCUT2D eigenvalue weighted by Gasteiger charge is 2.48. The lowest BCUT2D eigenvalue weighted by Gasteiger charge is -2.56. The van der Waals surface area contributed by atoms with Gasteiger partial charge in [0.05, 0.1) is 18.4 Å². The van der Waals surface area contributed by atoms with Gasteiger partial charge in [0.25, 0.3) is 0 Å². The zero-order chi connectivity index (χ0) is 19.0. The van der Waals surface area contributed by atoms with Gasteiger partial charge < -0.3 is 10.2 Å². The molecule has 0 aliphatic carbocycles. The maximum absolute atomic E-state index is 12.6. The Bertz CT molecular complexity index is 702. The molecule has 7 nitrogen and oxygen atoms in total. The number of anilines is 1. The second-order valence-electron chi connectivity index (χ2n) is 8.52.